The van der Waals surface area contributed by atoms with Crippen molar-refractivity contribution < 1.29 is 14.0 Å². The second kappa shape index (κ2) is 7.72. The van der Waals surface area contributed by atoms with Gasteiger partial charge in [-0.15, -0.1) is 0 Å². The van der Waals surface area contributed by atoms with E-state index in [1.807, 2.05) is 6.92 Å². The molecule has 1 aromatic heterocycles. The van der Waals surface area contributed by atoms with Crippen LogP contribution in [-0.2, 0) is 9.59 Å². The van der Waals surface area contributed by atoms with Gasteiger partial charge < -0.3 is 4.42 Å². The van der Waals surface area contributed by atoms with Gasteiger partial charge in [0.1, 0.15) is 5.92 Å². The number of furan rings is 1. The summed E-state index contributed by atoms with van der Waals surface area (Å²) in [6.07, 6.45) is 3.26. The molecule has 0 N–H and O–H groups in total. The van der Waals surface area contributed by atoms with Crippen LogP contribution < -0.4 is 5.01 Å². The summed E-state index contributed by atoms with van der Waals surface area (Å²) in [5, 5.41) is 6.35. The van der Waals surface area contributed by atoms with E-state index in [2.05, 4.69) is 25.9 Å². The fraction of sp³-hybridized carbons (Fsp3) is 0.381. The molecule has 0 radical (unpaired) electrons. The molecule has 5 nitrogen and oxygen atoms in total. The minimum atomic E-state index is -0.975. The van der Waals surface area contributed by atoms with Crippen LogP contribution in [0.15, 0.2) is 46.3 Å². The standard InChI is InChI=1S/C21H22Cl2N2O3/c1-12(21(2,3)4)9-17(26)18-19(13-7-8-28-11-13)24-25(20(18)27)14-5-6-15(22)16(23)10-14/h5-8,10-12,18H,9H2,1-4H3. The smallest absolute Gasteiger partial charge is 0.264 e. The lowest BCUT2D eigenvalue weighted by Crippen LogP contribution is -2.35. The molecule has 0 saturated heterocycles. The van der Waals surface area contributed by atoms with E-state index in [9.17, 15) is 9.59 Å². The predicted molar refractivity (Wildman–Crippen MR) is 111 cm³/mol. The average molecular weight is 421 g/mol. The second-order valence-electron chi connectivity index (χ2n) is 8.12. The number of carbonyl (C=O) groups excluding carboxylic acids is 2. The van der Waals surface area contributed by atoms with Crippen LogP contribution in [0.3, 0.4) is 0 Å². The normalized spacial score (nSPS) is 18.4. The molecule has 2 unspecified atom stereocenters. The Morgan fingerprint density at radius 1 is 1.25 bits per heavy atom. The maximum Gasteiger partial charge on any atom is 0.264 e. The van der Waals surface area contributed by atoms with Crippen molar-refractivity contribution in [1.82, 2.24) is 0 Å². The quantitative estimate of drug-likeness (QED) is 0.591. The Labute approximate surface area is 174 Å². The van der Waals surface area contributed by atoms with E-state index < -0.39 is 11.8 Å². The number of halogens is 2. The van der Waals surface area contributed by atoms with E-state index in [0.717, 1.165) is 0 Å². The molecule has 1 aliphatic heterocycles. The minimum absolute atomic E-state index is 0.0480. The molecule has 1 aliphatic rings. The zero-order valence-electron chi connectivity index (χ0n) is 16.2. The maximum atomic E-state index is 13.2. The highest BCUT2D eigenvalue weighted by molar-refractivity contribution is 6.42. The van der Waals surface area contributed by atoms with Gasteiger partial charge >= 0.3 is 0 Å². The van der Waals surface area contributed by atoms with E-state index in [1.165, 1.54) is 17.5 Å². The van der Waals surface area contributed by atoms with Crippen LogP contribution in [0.1, 0.15) is 39.7 Å². The Kier molecular flexibility index (Phi) is 5.69. The largest absolute Gasteiger partial charge is 0.472 e. The SMILES string of the molecule is CC(CC(=O)C1C(=O)N(c2ccc(Cl)c(Cl)c2)N=C1c1ccoc1)C(C)(C)C. The summed E-state index contributed by atoms with van der Waals surface area (Å²) in [6.45, 7) is 8.25. The highest BCUT2D eigenvalue weighted by Crippen LogP contribution is 2.34. The van der Waals surface area contributed by atoms with Crippen LogP contribution in [0.5, 0.6) is 0 Å². The van der Waals surface area contributed by atoms with Gasteiger partial charge in [0.2, 0.25) is 0 Å². The molecule has 2 aromatic rings. The summed E-state index contributed by atoms with van der Waals surface area (Å²) < 4.78 is 5.14. The Morgan fingerprint density at radius 3 is 2.54 bits per heavy atom. The van der Waals surface area contributed by atoms with Gasteiger partial charge in [0.25, 0.3) is 5.91 Å². The van der Waals surface area contributed by atoms with E-state index in [1.54, 1.807) is 24.3 Å². The van der Waals surface area contributed by atoms with Gasteiger partial charge in [0.05, 0.1) is 34.0 Å². The van der Waals surface area contributed by atoms with E-state index in [0.29, 0.717) is 27.0 Å². The Hall–Kier alpha value is -2.11. The Balaban J connectivity index is 1.97. The number of Topliss-reactive ketones (excluding diaryl/α,β-unsaturated/α-hetero) is 1. The molecule has 7 heteroatoms. The van der Waals surface area contributed by atoms with E-state index >= 15 is 0 Å². The molecule has 0 fully saturated rings. The second-order valence-corrected chi connectivity index (χ2v) is 8.93. The number of nitrogens with zero attached hydrogens (tertiary/aromatic N) is 2. The number of hydrogen-bond donors (Lipinski definition) is 0. The molecule has 148 valence electrons. The van der Waals surface area contributed by atoms with Gasteiger partial charge in [-0.2, -0.15) is 10.1 Å². The van der Waals surface area contributed by atoms with Gasteiger partial charge in [0, 0.05) is 12.0 Å². The fourth-order valence-corrected chi connectivity index (χ4v) is 3.20. The lowest BCUT2D eigenvalue weighted by molar-refractivity contribution is -0.129. The molecule has 3 rings (SSSR count). The third-order valence-corrected chi connectivity index (χ3v) is 5.95. The first-order valence-corrected chi connectivity index (χ1v) is 9.78. The summed E-state index contributed by atoms with van der Waals surface area (Å²) in [4.78, 5) is 26.3. The maximum absolute atomic E-state index is 13.2. The summed E-state index contributed by atoms with van der Waals surface area (Å²) in [6, 6.07) is 6.49. The van der Waals surface area contributed by atoms with Crippen LogP contribution >= 0.6 is 23.2 Å². The number of anilines is 1. The van der Waals surface area contributed by atoms with E-state index in [-0.39, 0.29) is 23.5 Å². The highest BCUT2D eigenvalue weighted by Gasteiger charge is 2.43. The van der Waals surface area contributed by atoms with Gasteiger partial charge in [-0.05, 0) is 35.6 Å². The Bertz CT molecular complexity index is 930. The average Bonchev–Trinajstić information content (AvgIpc) is 3.24. The number of hydrogen-bond acceptors (Lipinski definition) is 4. The molecule has 0 aliphatic carbocycles. The van der Waals surface area contributed by atoms with Crippen molar-refractivity contribution in [3.8, 4) is 0 Å². The Morgan fingerprint density at radius 2 is 1.96 bits per heavy atom. The number of carbonyl (C=O) groups is 2. The molecule has 2 atom stereocenters. The number of benzene rings is 1. The van der Waals surface area contributed by atoms with Crippen molar-refractivity contribution in [3.05, 3.63) is 52.4 Å². The van der Waals surface area contributed by atoms with Crippen molar-refractivity contribution in [2.75, 3.05) is 5.01 Å². The van der Waals surface area contributed by atoms with Crippen molar-refractivity contribution in [2.24, 2.45) is 22.4 Å². The van der Waals surface area contributed by atoms with Crippen molar-refractivity contribution >= 4 is 46.3 Å². The topological polar surface area (TPSA) is 62.9 Å². The number of amides is 1. The van der Waals surface area contributed by atoms with Gasteiger partial charge in [0.15, 0.2) is 5.78 Å². The third-order valence-electron chi connectivity index (χ3n) is 5.21. The zero-order chi connectivity index (χ0) is 20.6. The molecule has 0 bridgehead atoms. The molecule has 0 spiro atoms. The van der Waals surface area contributed by atoms with Crippen LogP contribution in [-0.4, -0.2) is 17.4 Å². The minimum Gasteiger partial charge on any atom is -0.472 e. The monoisotopic (exact) mass is 420 g/mol. The molecule has 1 amide bonds. The predicted octanol–water partition coefficient (Wildman–Crippen LogP) is 5.59. The molecular weight excluding hydrogens is 399 g/mol. The lowest BCUT2D eigenvalue weighted by Gasteiger charge is -2.27. The number of hydrazone groups is 1. The van der Waals surface area contributed by atoms with Gasteiger partial charge in [-0.3, -0.25) is 9.59 Å². The first-order chi connectivity index (χ1) is 13.1. The summed E-state index contributed by atoms with van der Waals surface area (Å²) in [7, 11) is 0. The number of rotatable bonds is 5. The molecule has 1 aromatic carbocycles. The first-order valence-electron chi connectivity index (χ1n) is 9.02. The highest BCUT2D eigenvalue weighted by atomic mass is 35.5. The molecule has 2 heterocycles. The summed E-state index contributed by atoms with van der Waals surface area (Å²) in [5.74, 6) is -1.43. The summed E-state index contributed by atoms with van der Waals surface area (Å²) in [5.41, 5.74) is 1.40. The first kappa shape index (κ1) is 20.6. The van der Waals surface area contributed by atoms with Crippen molar-refractivity contribution in [2.45, 2.75) is 34.1 Å². The van der Waals surface area contributed by atoms with Crippen LogP contribution in [0.2, 0.25) is 10.0 Å². The van der Waals surface area contributed by atoms with Crippen LogP contribution in [0.4, 0.5) is 5.69 Å². The van der Waals surface area contributed by atoms with Crippen molar-refractivity contribution in [3.63, 3.8) is 0 Å². The molecular formula is C21H22Cl2N2O3. The third kappa shape index (κ3) is 4.01. The zero-order valence-corrected chi connectivity index (χ0v) is 17.7. The van der Waals surface area contributed by atoms with Gasteiger partial charge in [-0.1, -0.05) is 50.9 Å². The number of ketones is 1. The molecule has 28 heavy (non-hydrogen) atoms. The lowest BCUT2D eigenvalue weighted by atomic mass is 9.77. The van der Waals surface area contributed by atoms with E-state index in [4.69, 9.17) is 27.6 Å². The summed E-state index contributed by atoms with van der Waals surface area (Å²) >= 11 is 12.1. The van der Waals surface area contributed by atoms with Crippen LogP contribution in [0, 0.1) is 17.3 Å². The van der Waals surface area contributed by atoms with Gasteiger partial charge in [-0.25, -0.2) is 0 Å². The van der Waals surface area contributed by atoms with Crippen LogP contribution in [0.25, 0.3) is 0 Å². The van der Waals surface area contributed by atoms with Crippen molar-refractivity contribution in [1.29, 1.82) is 0 Å². The fourth-order valence-electron chi connectivity index (χ4n) is 2.91. The molecule has 0 saturated carbocycles.